The predicted molar refractivity (Wildman–Crippen MR) is 112 cm³/mol. The zero-order valence-electron chi connectivity index (χ0n) is 16.6. The Labute approximate surface area is 170 Å². The second kappa shape index (κ2) is 8.05. The van der Waals surface area contributed by atoms with Gasteiger partial charge in [0, 0.05) is 24.7 Å². The fraction of sp³-hybridized carbons (Fsp3) is 0.455. The van der Waals surface area contributed by atoms with E-state index >= 15 is 0 Å². The fourth-order valence-corrected chi connectivity index (χ4v) is 5.14. The SMILES string of the molecule is CCOC(=O)[C@@]1(Cc2ccccc2)CCCN(Cc2c(C)nc3sccn23)C1. The molecular weight excluding hydrogens is 370 g/mol. The third-order valence-corrected chi connectivity index (χ3v) is 6.44. The van der Waals surface area contributed by atoms with Gasteiger partial charge >= 0.3 is 5.97 Å². The summed E-state index contributed by atoms with van der Waals surface area (Å²) in [6.45, 7) is 6.90. The lowest BCUT2D eigenvalue weighted by molar-refractivity contribution is -0.159. The number of nitrogens with zero attached hydrogens (tertiary/aromatic N) is 3. The summed E-state index contributed by atoms with van der Waals surface area (Å²) in [5.74, 6) is -0.0609. The van der Waals surface area contributed by atoms with Crippen LogP contribution in [0.5, 0.6) is 0 Å². The molecule has 0 spiro atoms. The summed E-state index contributed by atoms with van der Waals surface area (Å²) in [4.78, 5) is 21.1. The van der Waals surface area contributed by atoms with E-state index in [1.807, 2.05) is 25.1 Å². The highest BCUT2D eigenvalue weighted by atomic mass is 32.1. The van der Waals surface area contributed by atoms with Gasteiger partial charge in [-0.15, -0.1) is 11.3 Å². The third kappa shape index (κ3) is 3.71. The van der Waals surface area contributed by atoms with Gasteiger partial charge in [-0.05, 0) is 45.2 Å². The Morgan fingerprint density at radius 3 is 2.93 bits per heavy atom. The lowest BCUT2D eigenvalue weighted by Crippen LogP contribution is -2.49. The summed E-state index contributed by atoms with van der Waals surface area (Å²) in [6, 6.07) is 10.3. The van der Waals surface area contributed by atoms with Crippen molar-refractivity contribution in [3.63, 3.8) is 0 Å². The number of ether oxygens (including phenoxy) is 1. The fourth-order valence-electron chi connectivity index (χ4n) is 4.36. The number of carbonyl (C=O) groups is 1. The average molecular weight is 398 g/mol. The quantitative estimate of drug-likeness (QED) is 0.588. The summed E-state index contributed by atoms with van der Waals surface area (Å²) >= 11 is 1.66. The molecule has 0 N–H and O–H groups in total. The van der Waals surface area contributed by atoms with Crippen molar-refractivity contribution in [3.05, 3.63) is 58.9 Å². The predicted octanol–water partition coefficient (Wildman–Crippen LogP) is 4.09. The van der Waals surface area contributed by atoms with Gasteiger partial charge in [0.2, 0.25) is 0 Å². The van der Waals surface area contributed by atoms with Crippen molar-refractivity contribution in [2.75, 3.05) is 19.7 Å². The van der Waals surface area contributed by atoms with Crippen LogP contribution in [-0.2, 0) is 22.5 Å². The number of thiazole rings is 1. The van der Waals surface area contributed by atoms with Crippen molar-refractivity contribution in [2.45, 2.75) is 39.7 Å². The Balaban J connectivity index is 1.59. The van der Waals surface area contributed by atoms with Gasteiger partial charge in [-0.1, -0.05) is 30.3 Å². The van der Waals surface area contributed by atoms with E-state index in [1.54, 1.807) is 11.3 Å². The molecule has 0 amide bonds. The smallest absolute Gasteiger partial charge is 0.313 e. The first-order valence-electron chi connectivity index (χ1n) is 9.96. The number of imidazole rings is 1. The molecule has 1 atom stereocenters. The van der Waals surface area contributed by atoms with Crippen LogP contribution in [0, 0.1) is 12.3 Å². The zero-order valence-corrected chi connectivity index (χ0v) is 17.4. The second-order valence-corrected chi connectivity index (χ2v) is 8.55. The number of rotatable bonds is 6. The first-order chi connectivity index (χ1) is 13.6. The van der Waals surface area contributed by atoms with Crippen LogP contribution in [0.3, 0.4) is 0 Å². The van der Waals surface area contributed by atoms with Crippen molar-refractivity contribution >= 4 is 22.3 Å². The number of fused-ring (bicyclic) bond motifs is 1. The second-order valence-electron chi connectivity index (χ2n) is 7.68. The number of likely N-dealkylation sites (tertiary alicyclic amines) is 1. The Morgan fingerprint density at radius 2 is 2.14 bits per heavy atom. The number of esters is 1. The summed E-state index contributed by atoms with van der Waals surface area (Å²) in [6.07, 6.45) is 4.68. The van der Waals surface area contributed by atoms with Gasteiger partial charge in [0.1, 0.15) is 0 Å². The maximum Gasteiger partial charge on any atom is 0.313 e. The first-order valence-corrected chi connectivity index (χ1v) is 10.8. The van der Waals surface area contributed by atoms with Crippen molar-refractivity contribution in [1.29, 1.82) is 0 Å². The van der Waals surface area contributed by atoms with E-state index in [1.165, 1.54) is 11.3 Å². The van der Waals surface area contributed by atoms with Gasteiger partial charge < -0.3 is 4.74 Å². The maximum atomic E-state index is 13.0. The molecule has 0 aliphatic carbocycles. The summed E-state index contributed by atoms with van der Waals surface area (Å²) in [7, 11) is 0. The molecule has 3 aromatic rings. The number of aryl methyl sites for hydroxylation is 1. The summed E-state index contributed by atoms with van der Waals surface area (Å²) < 4.78 is 7.72. The molecule has 0 bridgehead atoms. The number of hydrogen-bond acceptors (Lipinski definition) is 5. The number of hydrogen-bond donors (Lipinski definition) is 0. The van der Waals surface area contributed by atoms with E-state index in [0.29, 0.717) is 6.61 Å². The lowest BCUT2D eigenvalue weighted by Gasteiger charge is -2.41. The van der Waals surface area contributed by atoms with Crippen LogP contribution < -0.4 is 0 Å². The molecule has 1 aliphatic heterocycles. The van der Waals surface area contributed by atoms with Gasteiger partial charge in [0.25, 0.3) is 0 Å². The highest BCUT2D eigenvalue weighted by Gasteiger charge is 2.43. The van der Waals surface area contributed by atoms with Gasteiger partial charge in [-0.25, -0.2) is 4.98 Å². The molecule has 28 heavy (non-hydrogen) atoms. The number of aromatic nitrogens is 2. The molecule has 4 rings (SSSR count). The summed E-state index contributed by atoms with van der Waals surface area (Å²) in [5.41, 5.74) is 3.00. The maximum absolute atomic E-state index is 13.0. The Kier molecular flexibility index (Phi) is 5.51. The van der Waals surface area contributed by atoms with Crippen molar-refractivity contribution in [1.82, 2.24) is 14.3 Å². The molecule has 1 fully saturated rings. The molecule has 3 heterocycles. The van der Waals surface area contributed by atoms with Crippen LogP contribution >= 0.6 is 11.3 Å². The van der Waals surface area contributed by atoms with Crippen LogP contribution in [0.4, 0.5) is 0 Å². The van der Waals surface area contributed by atoms with Crippen LogP contribution in [0.15, 0.2) is 41.9 Å². The van der Waals surface area contributed by atoms with E-state index < -0.39 is 5.41 Å². The van der Waals surface area contributed by atoms with Crippen molar-refractivity contribution in [3.8, 4) is 0 Å². The largest absolute Gasteiger partial charge is 0.466 e. The molecule has 1 saturated heterocycles. The Hall–Kier alpha value is -2.18. The van der Waals surface area contributed by atoms with Crippen LogP contribution in [-0.4, -0.2) is 40.0 Å². The molecule has 0 saturated carbocycles. The van der Waals surface area contributed by atoms with Crippen LogP contribution in [0.1, 0.15) is 36.7 Å². The Bertz CT molecular complexity index is 949. The minimum atomic E-state index is -0.484. The van der Waals surface area contributed by atoms with Gasteiger partial charge in [-0.2, -0.15) is 0 Å². The van der Waals surface area contributed by atoms with E-state index in [2.05, 4.69) is 44.9 Å². The normalized spacial score (nSPS) is 20.5. The summed E-state index contributed by atoms with van der Waals surface area (Å²) in [5, 5.41) is 2.07. The molecule has 0 unspecified atom stereocenters. The minimum absolute atomic E-state index is 0.0609. The third-order valence-electron chi connectivity index (χ3n) is 5.68. The molecule has 1 aliphatic rings. The zero-order chi connectivity index (χ0) is 19.6. The standard InChI is InChI=1S/C22H27N3O2S/c1-3-27-20(26)22(14-18-8-5-4-6-9-18)10-7-11-24(16-22)15-19-17(2)23-21-25(19)12-13-28-21/h4-6,8-9,12-13H,3,7,10-11,14-16H2,1-2H3/t22-/m1/s1. The van der Waals surface area contributed by atoms with E-state index in [4.69, 9.17) is 4.74 Å². The molecule has 0 radical (unpaired) electrons. The van der Waals surface area contributed by atoms with Crippen LogP contribution in [0.2, 0.25) is 0 Å². The molecule has 5 nitrogen and oxygen atoms in total. The van der Waals surface area contributed by atoms with E-state index in [9.17, 15) is 4.79 Å². The van der Waals surface area contributed by atoms with Crippen molar-refractivity contribution < 1.29 is 9.53 Å². The van der Waals surface area contributed by atoms with Gasteiger partial charge in [-0.3, -0.25) is 14.1 Å². The monoisotopic (exact) mass is 397 g/mol. The topological polar surface area (TPSA) is 46.8 Å². The van der Waals surface area contributed by atoms with Gasteiger partial charge in [0.05, 0.1) is 23.4 Å². The van der Waals surface area contributed by atoms with E-state index in [-0.39, 0.29) is 5.97 Å². The first kappa shape index (κ1) is 19.2. The molecular formula is C22H27N3O2S. The number of carbonyl (C=O) groups excluding carboxylic acids is 1. The highest BCUT2D eigenvalue weighted by Crippen LogP contribution is 2.36. The Morgan fingerprint density at radius 1 is 1.32 bits per heavy atom. The molecule has 2 aromatic heterocycles. The molecule has 6 heteroatoms. The van der Waals surface area contributed by atoms with Gasteiger partial charge in [0.15, 0.2) is 4.96 Å². The van der Waals surface area contributed by atoms with Crippen LogP contribution in [0.25, 0.3) is 4.96 Å². The van der Waals surface area contributed by atoms with Crippen molar-refractivity contribution in [2.24, 2.45) is 5.41 Å². The van der Waals surface area contributed by atoms with E-state index in [0.717, 1.165) is 49.6 Å². The highest BCUT2D eigenvalue weighted by molar-refractivity contribution is 7.15. The molecule has 1 aromatic carbocycles. The number of piperidine rings is 1. The lowest BCUT2D eigenvalue weighted by atomic mass is 9.75. The molecule has 148 valence electrons. The minimum Gasteiger partial charge on any atom is -0.466 e. The average Bonchev–Trinajstić information content (AvgIpc) is 3.25. The number of benzene rings is 1.